The fourth-order valence-electron chi connectivity index (χ4n) is 3.99. The summed E-state index contributed by atoms with van der Waals surface area (Å²) >= 11 is 0. The molecular weight excluding hydrogens is 358 g/mol. The largest absolute Gasteiger partial charge is 0.462 e. The van der Waals surface area contributed by atoms with Gasteiger partial charge < -0.3 is 4.74 Å². The van der Waals surface area contributed by atoms with Crippen molar-refractivity contribution in [2.24, 2.45) is 11.8 Å². The molecule has 0 spiro atoms. The Labute approximate surface area is 180 Å². The minimum atomic E-state index is -0.230. The van der Waals surface area contributed by atoms with E-state index in [9.17, 15) is 4.79 Å². The summed E-state index contributed by atoms with van der Waals surface area (Å²) in [6, 6.07) is 8.01. The summed E-state index contributed by atoms with van der Waals surface area (Å²) in [6.07, 6.45) is 10.4. The molecule has 0 N–H and O–H groups in total. The molecule has 0 fully saturated rings. The molecule has 0 amide bonds. The Balaban J connectivity index is 2.84. The van der Waals surface area contributed by atoms with E-state index in [1.54, 1.807) is 0 Å². The Morgan fingerprint density at radius 2 is 1.38 bits per heavy atom. The van der Waals surface area contributed by atoms with Crippen LogP contribution in [-0.4, -0.2) is 30.6 Å². The number of ether oxygens (including phenoxy) is 1. The van der Waals surface area contributed by atoms with Crippen molar-refractivity contribution in [3.05, 3.63) is 35.4 Å². The van der Waals surface area contributed by atoms with E-state index in [-0.39, 0.29) is 5.97 Å². The Hall–Kier alpha value is -1.35. The van der Waals surface area contributed by atoms with E-state index >= 15 is 0 Å². The van der Waals surface area contributed by atoms with E-state index < -0.39 is 0 Å². The van der Waals surface area contributed by atoms with Gasteiger partial charge in [0.15, 0.2) is 0 Å². The van der Waals surface area contributed by atoms with Crippen LogP contribution in [0.25, 0.3) is 0 Å². The van der Waals surface area contributed by atoms with Crippen molar-refractivity contribution in [2.45, 2.75) is 92.5 Å². The highest BCUT2D eigenvalue weighted by atomic mass is 16.5. The Morgan fingerprint density at radius 3 is 1.79 bits per heavy atom. The van der Waals surface area contributed by atoms with E-state index in [0.717, 1.165) is 18.4 Å². The second-order valence-electron chi connectivity index (χ2n) is 8.44. The number of nitrogens with zero attached hydrogens (tertiary/aromatic N) is 1. The first-order valence-corrected chi connectivity index (χ1v) is 12.1. The van der Waals surface area contributed by atoms with Crippen LogP contribution in [0.5, 0.6) is 0 Å². The highest BCUT2D eigenvalue weighted by Crippen LogP contribution is 2.21. The number of hydrogen-bond acceptors (Lipinski definition) is 3. The molecule has 0 aliphatic heterocycles. The summed E-state index contributed by atoms with van der Waals surface area (Å²) in [6.45, 7) is 14.8. The summed E-state index contributed by atoms with van der Waals surface area (Å²) in [4.78, 5) is 14.6. The van der Waals surface area contributed by atoms with Crippen LogP contribution in [0.1, 0.15) is 102 Å². The molecule has 0 aliphatic carbocycles. The molecule has 1 aromatic carbocycles. The van der Waals surface area contributed by atoms with Crippen molar-refractivity contribution in [1.29, 1.82) is 0 Å². The number of rotatable bonds is 16. The van der Waals surface area contributed by atoms with Crippen LogP contribution in [-0.2, 0) is 11.3 Å². The lowest BCUT2D eigenvalue weighted by Crippen LogP contribution is -2.33. The fourth-order valence-corrected chi connectivity index (χ4v) is 3.99. The molecule has 2 unspecified atom stereocenters. The van der Waals surface area contributed by atoms with E-state index in [1.165, 1.54) is 70.0 Å². The topological polar surface area (TPSA) is 29.5 Å². The molecule has 1 aromatic rings. The van der Waals surface area contributed by atoms with Gasteiger partial charge in [-0.2, -0.15) is 0 Å². The molecule has 0 radical (unpaired) electrons. The monoisotopic (exact) mass is 403 g/mol. The SMILES string of the molecule is CCCCC(CC)CN(Cc1ccc(C(=O)OCC)cc1)CC(CC)CCCC. The van der Waals surface area contributed by atoms with Crippen LogP contribution in [0, 0.1) is 11.8 Å². The third-order valence-electron chi connectivity index (χ3n) is 5.99. The quantitative estimate of drug-likeness (QED) is 0.276. The van der Waals surface area contributed by atoms with Crippen molar-refractivity contribution in [1.82, 2.24) is 4.90 Å². The summed E-state index contributed by atoms with van der Waals surface area (Å²) < 4.78 is 5.11. The standard InChI is InChI=1S/C26H45NO2/c1-6-11-13-22(8-3)19-27(20-23(9-4)14-12-7-2)21-24-15-17-25(18-16-24)26(28)29-10-5/h15-18,22-23H,6-14,19-21H2,1-5H3. The molecular formula is C26H45NO2. The smallest absolute Gasteiger partial charge is 0.338 e. The van der Waals surface area contributed by atoms with Gasteiger partial charge in [-0.25, -0.2) is 4.79 Å². The second-order valence-corrected chi connectivity index (χ2v) is 8.44. The normalized spacial score (nSPS) is 13.4. The van der Waals surface area contributed by atoms with Crippen molar-refractivity contribution in [2.75, 3.05) is 19.7 Å². The Bertz CT molecular complexity index is 522. The van der Waals surface area contributed by atoms with Gasteiger partial charge in [0.1, 0.15) is 0 Å². The zero-order valence-corrected chi connectivity index (χ0v) is 19.7. The average molecular weight is 404 g/mol. The highest BCUT2D eigenvalue weighted by molar-refractivity contribution is 5.89. The Kier molecular flexibility index (Phi) is 13.7. The van der Waals surface area contributed by atoms with Gasteiger partial charge in [-0.05, 0) is 49.3 Å². The molecule has 1 rings (SSSR count). The summed E-state index contributed by atoms with van der Waals surface area (Å²) in [5.41, 5.74) is 1.93. The van der Waals surface area contributed by atoms with Gasteiger partial charge in [0.25, 0.3) is 0 Å². The van der Waals surface area contributed by atoms with Crippen LogP contribution >= 0.6 is 0 Å². The molecule has 3 heteroatoms. The second kappa shape index (κ2) is 15.5. The number of unbranched alkanes of at least 4 members (excludes halogenated alkanes) is 2. The summed E-state index contributed by atoms with van der Waals surface area (Å²) in [7, 11) is 0. The van der Waals surface area contributed by atoms with Crippen molar-refractivity contribution in [3.63, 3.8) is 0 Å². The summed E-state index contributed by atoms with van der Waals surface area (Å²) in [5, 5.41) is 0. The van der Waals surface area contributed by atoms with Crippen LogP contribution in [0.2, 0.25) is 0 Å². The van der Waals surface area contributed by atoms with E-state index in [4.69, 9.17) is 4.74 Å². The first-order chi connectivity index (χ1) is 14.1. The number of carbonyl (C=O) groups is 1. The zero-order chi connectivity index (χ0) is 21.5. The van der Waals surface area contributed by atoms with Gasteiger partial charge in [-0.1, -0.05) is 78.4 Å². The Morgan fingerprint density at radius 1 is 0.862 bits per heavy atom. The van der Waals surface area contributed by atoms with Crippen molar-refractivity contribution >= 4 is 5.97 Å². The van der Waals surface area contributed by atoms with E-state index in [2.05, 4.69) is 44.7 Å². The maximum atomic E-state index is 11.9. The number of hydrogen-bond donors (Lipinski definition) is 0. The lowest BCUT2D eigenvalue weighted by atomic mass is 9.95. The van der Waals surface area contributed by atoms with Gasteiger partial charge in [0.2, 0.25) is 0 Å². The molecule has 29 heavy (non-hydrogen) atoms. The molecule has 0 bridgehead atoms. The van der Waals surface area contributed by atoms with Crippen LogP contribution < -0.4 is 0 Å². The number of carbonyl (C=O) groups excluding carboxylic acids is 1. The van der Waals surface area contributed by atoms with E-state index in [1.807, 2.05) is 19.1 Å². The molecule has 0 aliphatic rings. The van der Waals surface area contributed by atoms with Gasteiger partial charge in [-0.3, -0.25) is 4.90 Å². The number of benzene rings is 1. The van der Waals surface area contributed by atoms with E-state index in [0.29, 0.717) is 12.2 Å². The third-order valence-corrected chi connectivity index (χ3v) is 5.99. The maximum Gasteiger partial charge on any atom is 0.338 e. The fraction of sp³-hybridized carbons (Fsp3) is 0.731. The van der Waals surface area contributed by atoms with Crippen LogP contribution in [0.15, 0.2) is 24.3 Å². The van der Waals surface area contributed by atoms with Gasteiger partial charge in [0, 0.05) is 19.6 Å². The minimum Gasteiger partial charge on any atom is -0.462 e. The maximum absolute atomic E-state index is 11.9. The molecule has 166 valence electrons. The third kappa shape index (κ3) is 10.3. The lowest BCUT2D eigenvalue weighted by Gasteiger charge is -2.30. The van der Waals surface area contributed by atoms with Crippen LogP contribution in [0.3, 0.4) is 0 Å². The summed E-state index contributed by atoms with van der Waals surface area (Å²) in [5.74, 6) is 1.32. The van der Waals surface area contributed by atoms with Crippen molar-refractivity contribution in [3.8, 4) is 0 Å². The molecule has 0 aromatic heterocycles. The molecule has 3 nitrogen and oxygen atoms in total. The predicted molar refractivity (Wildman–Crippen MR) is 124 cm³/mol. The molecule has 0 saturated carbocycles. The van der Waals surface area contributed by atoms with Gasteiger partial charge in [0.05, 0.1) is 12.2 Å². The first kappa shape index (κ1) is 25.7. The highest BCUT2D eigenvalue weighted by Gasteiger charge is 2.17. The van der Waals surface area contributed by atoms with Crippen LogP contribution in [0.4, 0.5) is 0 Å². The minimum absolute atomic E-state index is 0.230. The molecule has 0 saturated heterocycles. The average Bonchev–Trinajstić information content (AvgIpc) is 2.74. The van der Waals surface area contributed by atoms with Gasteiger partial charge in [-0.15, -0.1) is 0 Å². The first-order valence-electron chi connectivity index (χ1n) is 12.1. The van der Waals surface area contributed by atoms with Gasteiger partial charge >= 0.3 is 5.97 Å². The molecule has 0 heterocycles. The zero-order valence-electron chi connectivity index (χ0n) is 19.7. The lowest BCUT2D eigenvalue weighted by molar-refractivity contribution is 0.0526. The predicted octanol–water partition coefficient (Wildman–Crippen LogP) is 7.10. The van der Waals surface area contributed by atoms with Crippen molar-refractivity contribution < 1.29 is 9.53 Å². The molecule has 2 atom stereocenters. The number of esters is 1.